The van der Waals surface area contributed by atoms with Crippen molar-refractivity contribution in [1.29, 1.82) is 0 Å². The van der Waals surface area contributed by atoms with Crippen LogP contribution < -0.4 is 80.0 Å². The second kappa shape index (κ2) is 22.5. The summed E-state index contributed by atoms with van der Waals surface area (Å²) in [6.45, 7) is 3.04. The molecule has 0 spiro atoms. The van der Waals surface area contributed by atoms with E-state index in [9.17, 15) is 45.7 Å². The molecule has 4 aromatic rings. The zero-order valence-corrected chi connectivity index (χ0v) is 40.5. The van der Waals surface area contributed by atoms with E-state index in [4.69, 9.17) is 23.2 Å². The number of carbonyl (C=O) groups excluding carboxylic acids is 2. The maximum Gasteiger partial charge on any atom is 1.00 e. The fourth-order valence-electron chi connectivity index (χ4n) is 6.90. The second-order valence-electron chi connectivity index (χ2n) is 13.7. The number of alkyl halides is 2. The Kier molecular flexibility index (Phi) is 19.3. The van der Waals surface area contributed by atoms with Crippen molar-refractivity contribution in [1.82, 2.24) is 0 Å². The molecule has 308 valence electrons. The fraction of sp³-hybridized carbons (Fsp3) is 0.300. The van der Waals surface area contributed by atoms with E-state index in [1.165, 1.54) is 12.1 Å². The van der Waals surface area contributed by atoms with Gasteiger partial charge in [0.2, 0.25) is 0 Å². The van der Waals surface area contributed by atoms with E-state index >= 15 is 0 Å². The first kappa shape index (κ1) is 51.5. The molecular weight excluding hydrogens is 877 g/mol. The third-order valence-corrected chi connectivity index (χ3v) is 12.1. The van der Waals surface area contributed by atoms with Gasteiger partial charge in [-0.25, -0.2) is 0 Å². The molecule has 0 amide bonds. The molecule has 0 heterocycles. The van der Waals surface area contributed by atoms with Crippen LogP contribution in [0.15, 0.2) is 92.6 Å². The van der Waals surface area contributed by atoms with Gasteiger partial charge in [0.25, 0.3) is 20.2 Å². The molecule has 2 atom stereocenters. The molecule has 4 N–H and O–H groups in total. The van der Waals surface area contributed by atoms with Crippen LogP contribution in [-0.2, 0) is 46.2 Å². The Hall–Kier alpha value is -2.84. The van der Waals surface area contributed by atoms with Gasteiger partial charge in [-0.2, -0.15) is 16.8 Å². The maximum atomic E-state index is 14.1. The van der Waals surface area contributed by atoms with Crippen LogP contribution in [0.25, 0.3) is 0 Å². The molecule has 20 heteroatoms. The van der Waals surface area contributed by atoms with Gasteiger partial charge in [0.15, 0.2) is 11.6 Å². The average Bonchev–Trinajstić information content (AvgIpc) is 3.18. The summed E-state index contributed by atoms with van der Waals surface area (Å²) < 4.78 is 70.0. The van der Waals surface area contributed by atoms with Gasteiger partial charge in [-0.05, 0) is 85.7 Å². The molecule has 0 aliphatic heterocycles. The topological polar surface area (TPSA) is 238 Å². The number of anilines is 2. The number of aryl methyl sites for hydroxylation is 2. The monoisotopic (exact) mass is 916 g/mol. The number of ketones is 2. The molecule has 0 radical (unpaired) electrons. The number of halogens is 2. The summed E-state index contributed by atoms with van der Waals surface area (Å²) in [6.07, 6.45) is 0.965. The third kappa shape index (κ3) is 12.6. The Morgan fingerprint density at radius 3 is 1.30 bits per heavy atom. The molecule has 14 nitrogen and oxygen atoms in total. The minimum Gasteiger partial charge on any atom is -0.861 e. The Labute approximate surface area is 403 Å². The quantitative estimate of drug-likeness (QED) is 0.0268. The van der Waals surface area contributed by atoms with Crippen molar-refractivity contribution in [2.24, 2.45) is 9.98 Å². The SMILES string of the molecule is CC(CCc1cccc(CN=C([O-])CCl)c1S(=O)(=O)O)Nc1ccc(NC(C)CCc2cccc(CN=C([O-])CCl)c2S(=O)(=O)O)c2c1C(=O)c1ccccc1C2=O.[Na+].[Na+]. The van der Waals surface area contributed by atoms with E-state index in [0.717, 1.165) is 0 Å². The fourth-order valence-corrected chi connectivity index (χ4v) is 9.00. The predicted octanol–water partition coefficient (Wildman–Crippen LogP) is -1.17. The summed E-state index contributed by atoms with van der Waals surface area (Å²) >= 11 is 11.0. The number of nitrogens with one attached hydrogen (secondary N) is 2. The molecule has 60 heavy (non-hydrogen) atoms. The summed E-state index contributed by atoms with van der Waals surface area (Å²) in [5.41, 5.74) is 2.31. The van der Waals surface area contributed by atoms with Crippen LogP contribution in [0, 0.1) is 0 Å². The van der Waals surface area contributed by atoms with Crippen LogP contribution in [0.2, 0.25) is 0 Å². The standard InChI is InChI=1S/C40H42Cl2N4O10S2.2Na/c1-23(13-15-25-7-5-9-27(21-43-33(47)19-41)39(25)57(51,52)53)45-31-17-18-32(36-35(31)37(49)29-11-3-4-12-30(29)38(36)50)46-24(2)14-16-26-8-6-10-28(22-44-34(48)20-42)40(26)58(54,55)56;;/h3-12,17-18,23-24,45-46H,13-16,19-22H2,1-2H3,(H,43,47)(H,44,48)(H,51,52,53)(H,54,55,56);;/q;2*+1/p-2. The molecule has 4 aromatic carbocycles. The Morgan fingerprint density at radius 1 is 0.617 bits per heavy atom. The zero-order chi connectivity index (χ0) is 42.4. The first-order valence-electron chi connectivity index (χ1n) is 18.0. The third-order valence-electron chi connectivity index (χ3n) is 9.53. The van der Waals surface area contributed by atoms with Crippen LogP contribution in [0.5, 0.6) is 0 Å². The number of hydrogen-bond donors (Lipinski definition) is 4. The first-order valence-corrected chi connectivity index (χ1v) is 22.0. The number of rotatable bonds is 18. The van der Waals surface area contributed by atoms with Crippen LogP contribution in [0.1, 0.15) is 80.8 Å². The van der Waals surface area contributed by atoms with Crippen molar-refractivity contribution in [2.75, 3.05) is 22.4 Å². The Bertz CT molecular complexity index is 2350. The van der Waals surface area contributed by atoms with Gasteiger partial charge in [0, 0.05) is 34.6 Å². The summed E-state index contributed by atoms with van der Waals surface area (Å²) in [5, 5.41) is 30.0. The van der Waals surface area contributed by atoms with E-state index in [1.807, 2.05) is 13.8 Å². The smallest absolute Gasteiger partial charge is 0.861 e. The van der Waals surface area contributed by atoms with Crippen molar-refractivity contribution in [2.45, 2.75) is 74.5 Å². The molecule has 5 rings (SSSR count). The van der Waals surface area contributed by atoms with Crippen LogP contribution in [-0.4, -0.2) is 73.1 Å². The zero-order valence-electron chi connectivity index (χ0n) is 33.4. The molecule has 0 bridgehead atoms. The van der Waals surface area contributed by atoms with E-state index in [-0.39, 0.29) is 152 Å². The summed E-state index contributed by atoms with van der Waals surface area (Å²) in [5.74, 6) is -2.80. The molecule has 0 aromatic heterocycles. The summed E-state index contributed by atoms with van der Waals surface area (Å²) in [6, 6.07) is 18.2. The van der Waals surface area contributed by atoms with Gasteiger partial charge in [0.05, 0.1) is 36.0 Å². The molecular formula is C40H40Cl2N4Na2O10S2. The summed E-state index contributed by atoms with van der Waals surface area (Å²) in [7, 11) is -9.40. The average molecular weight is 918 g/mol. The molecule has 1 aliphatic rings. The van der Waals surface area contributed by atoms with Crippen molar-refractivity contribution < 1.29 is 105 Å². The minimum atomic E-state index is -4.70. The van der Waals surface area contributed by atoms with Crippen molar-refractivity contribution >= 4 is 78.2 Å². The second-order valence-corrected chi connectivity index (χ2v) is 17.0. The van der Waals surface area contributed by atoms with Crippen LogP contribution in [0.3, 0.4) is 0 Å². The van der Waals surface area contributed by atoms with Gasteiger partial charge in [0.1, 0.15) is 9.79 Å². The molecule has 1 aliphatic carbocycles. The normalized spacial score (nSPS) is 14.0. The van der Waals surface area contributed by atoms with E-state index in [1.54, 1.807) is 60.7 Å². The summed E-state index contributed by atoms with van der Waals surface area (Å²) in [4.78, 5) is 35.1. The number of aliphatic imine (C=N–C) groups is 2. The number of benzene rings is 4. The number of fused-ring (bicyclic) bond motifs is 2. The largest absolute Gasteiger partial charge is 1.00 e. The van der Waals surface area contributed by atoms with Crippen LogP contribution >= 0.6 is 23.2 Å². The van der Waals surface area contributed by atoms with Crippen molar-refractivity contribution in [3.8, 4) is 0 Å². The molecule has 2 unspecified atom stereocenters. The molecule has 0 saturated carbocycles. The van der Waals surface area contributed by atoms with Gasteiger partial charge < -0.3 is 20.8 Å². The maximum absolute atomic E-state index is 14.1. The first-order chi connectivity index (χ1) is 27.4. The van der Waals surface area contributed by atoms with E-state index in [2.05, 4.69) is 20.6 Å². The number of carbonyl (C=O) groups is 2. The number of hydrogen-bond acceptors (Lipinski definition) is 12. The Balaban J connectivity index is 0.00000480. The molecule has 0 saturated heterocycles. The van der Waals surface area contributed by atoms with Crippen molar-refractivity contribution in [3.63, 3.8) is 0 Å². The van der Waals surface area contributed by atoms with Crippen molar-refractivity contribution in [3.05, 3.63) is 117 Å². The van der Waals surface area contributed by atoms with E-state index in [0.29, 0.717) is 35.3 Å². The Morgan fingerprint density at radius 2 is 0.967 bits per heavy atom. The van der Waals surface area contributed by atoms with Gasteiger partial charge >= 0.3 is 59.1 Å². The van der Waals surface area contributed by atoms with Gasteiger partial charge in [-0.1, -0.05) is 60.7 Å². The minimum absolute atomic E-state index is 0. The van der Waals surface area contributed by atoms with Gasteiger partial charge in [-0.3, -0.25) is 28.7 Å². The van der Waals surface area contributed by atoms with Crippen LogP contribution in [0.4, 0.5) is 11.4 Å². The predicted molar refractivity (Wildman–Crippen MR) is 219 cm³/mol. The molecule has 0 fully saturated rings. The van der Waals surface area contributed by atoms with Gasteiger partial charge in [-0.15, -0.1) is 23.2 Å². The van der Waals surface area contributed by atoms with E-state index < -0.39 is 44.1 Å². The number of nitrogens with zero attached hydrogens (tertiary/aromatic N) is 2.